The van der Waals surface area contributed by atoms with Crippen LogP contribution in [0.5, 0.6) is 0 Å². The van der Waals surface area contributed by atoms with Gasteiger partial charge >= 0.3 is 0 Å². The second-order valence-corrected chi connectivity index (χ2v) is 13.7. The fourth-order valence-corrected chi connectivity index (χ4v) is 3.39. The molecule has 2 unspecified atom stereocenters. The summed E-state index contributed by atoms with van der Waals surface area (Å²) in [6, 6.07) is 0.521. The lowest BCUT2D eigenvalue weighted by Crippen LogP contribution is -2.49. The van der Waals surface area contributed by atoms with Gasteiger partial charge in [-0.2, -0.15) is 0 Å². The minimum absolute atomic E-state index is 0.251. The molecule has 0 aliphatic carbocycles. The van der Waals surface area contributed by atoms with Crippen molar-refractivity contribution in [1.29, 1.82) is 0 Å². The molecule has 0 rings (SSSR count). The summed E-state index contributed by atoms with van der Waals surface area (Å²) in [6.45, 7) is 20.1. The fraction of sp³-hybridized carbons (Fsp3) is 1.00. The maximum Gasteiger partial charge on any atom is 0.192 e. The van der Waals surface area contributed by atoms with E-state index in [1.165, 1.54) is 0 Å². The van der Waals surface area contributed by atoms with Crippen LogP contribution in [0, 0.1) is 5.92 Å². The van der Waals surface area contributed by atoms with Crippen molar-refractivity contribution in [3.8, 4) is 0 Å². The molecule has 0 aromatic rings. The summed E-state index contributed by atoms with van der Waals surface area (Å²) in [5.74, 6) is 0.492. The van der Waals surface area contributed by atoms with Gasteiger partial charge in [0.25, 0.3) is 0 Å². The normalized spacial score (nSPS) is 16.8. The highest BCUT2D eigenvalue weighted by atomic mass is 79.9. The number of nitrogens with one attached hydrogen (secondary N) is 1. The zero-order chi connectivity index (χ0) is 16.1. The van der Waals surface area contributed by atoms with E-state index in [1.807, 2.05) is 7.05 Å². The Hall–Kier alpha value is 0.577. The Bertz CT molecular complexity index is 278. The predicted molar refractivity (Wildman–Crippen MR) is 95.9 cm³/mol. The van der Waals surface area contributed by atoms with Crippen molar-refractivity contribution in [3.63, 3.8) is 0 Å². The summed E-state index contributed by atoms with van der Waals surface area (Å²) in [7, 11) is 0.317. The zero-order valence-corrected chi connectivity index (χ0v) is 17.5. The average molecular weight is 367 g/mol. The molecule has 0 heterocycles. The first kappa shape index (κ1) is 20.6. The summed E-state index contributed by atoms with van der Waals surface area (Å²) in [6.07, 6.45) is 0.256. The highest BCUT2D eigenvalue weighted by molar-refractivity contribution is 9.07. The molecule has 0 amide bonds. The molecule has 0 radical (unpaired) electrons. The monoisotopic (exact) mass is 366 g/mol. The summed E-state index contributed by atoms with van der Waals surface area (Å²) >= 11 is 3.53. The van der Waals surface area contributed by atoms with Gasteiger partial charge in [0.1, 0.15) is 0 Å². The number of rotatable bonds is 8. The Morgan fingerprint density at radius 3 is 2.05 bits per heavy atom. The van der Waals surface area contributed by atoms with Gasteiger partial charge in [0.15, 0.2) is 8.32 Å². The molecule has 0 bridgehead atoms. The largest absolute Gasteiger partial charge is 0.412 e. The Morgan fingerprint density at radius 2 is 1.70 bits per heavy atom. The van der Waals surface area contributed by atoms with Gasteiger partial charge in [0, 0.05) is 35.3 Å². The van der Waals surface area contributed by atoms with Gasteiger partial charge < -0.3 is 9.74 Å². The maximum atomic E-state index is 6.63. The molecule has 2 atom stereocenters. The number of likely N-dealkylation sites (N-methyl/N-ethyl adjacent to an activating group) is 1. The Morgan fingerprint density at radius 1 is 1.20 bits per heavy atom. The molecule has 0 aliphatic rings. The third-order valence-electron chi connectivity index (χ3n) is 4.17. The van der Waals surface area contributed by atoms with Crippen molar-refractivity contribution in [1.82, 2.24) is 9.24 Å². The van der Waals surface area contributed by atoms with Crippen molar-refractivity contribution >= 4 is 24.5 Å². The second kappa shape index (κ2) is 8.27. The molecule has 3 nitrogen and oxygen atoms in total. The summed E-state index contributed by atoms with van der Waals surface area (Å²) in [5, 5.41) is 3.78. The molecular weight excluding hydrogens is 332 g/mol. The van der Waals surface area contributed by atoms with E-state index in [0.717, 1.165) is 13.1 Å². The molecule has 0 aliphatic heterocycles. The first-order chi connectivity index (χ1) is 8.86. The molecule has 0 fully saturated rings. The number of hydrogen-bond donors (Lipinski definition) is 1. The topological polar surface area (TPSA) is 24.5 Å². The first-order valence-corrected chi connectivity index (χ1v) is 11.3. The highest BCUT2D eigenvalue weighted by Crippen LogP contribution is 2.38. The third-order valence-corrected chi connectivity index (χ3v) is 8.96. The van der Waals surface area contributed by atoms with Gasteiger partial charge in [-0.3, -0.25) is 0 Å². The Balaban J connectivity index is 4.80. The molecule has 0 aromatic heterocycles. The number of hydrogen-bond acceptors (Lipinski definition) is 3. The van der Waals surface area contributed by atoms with E-state index < -0.39 is 8.32 Å². The van der Waals surface area contributed by atoms with Gasteiger partial charge in [0.2, 0.25) is 0 Å². The minimum atomic E-state index is -1.73. The molecule has 0 spiro atoms. The molecule has 122 valence electrons. The molecule has 1 N–H and O–H groups in total. The van der Waals surface area contributed by atoms with Crippen LogP contribution < -0.4 is 5.32 Å². The number of halogens is 1. The van der Waals surface area contributed by atoms with E-state index in [4.69, 9.17) is 4.43 Å². The molecular formula is C15H35BrN2OSi. The van der Waals surface area contributed by atoms with E-state index in [2.05, 4.69) is 80.0 Å². The van der Waals surface area contributed by atoms with Crippen molar-refractivity contribution in [2.24, 2.45) is 5.92 Å². The van der Waals surface area contributed by atoms with E-state index >= 15 is 0 Å². The van der Waals surface area contributed by atoms with Crippen LogP contribution in [0.1, 0.15) is 41.5 Å². The quantitative estimate of drug-likeness (QED) is 0.513. The van der Waals surface area contributed by atoms with Crippen LogP contribution in [0.2, 0.25) is 18.1 Å². The molecule has 0 aromatic carbocycles. The smallest absolute Gasteiger partial charge is 0.192 e. The molecule has 5 heteroatoms. The SMILES string of the molecule is CC(C)NCC(C)C(CN(C)Br)O[Si](C)(C)C(C)(C)C. The van der Waals surface area contributed by atoms with Gasteiger partial charge in [-0.1, -0.05) is 41.5 Å². The minimum Gasteiger partial charge on any atom is -0.412 e. The van der Waals surface area contributed by atoms with Crippen LogP contribution in [0.25, 0.3) is 0 Å². The van der Waals surface area contributed by atoms with E-state index in [1.54, 1.807) is 0 Å². The van der Waals surface area contributed by atoms with Crippen molar-refractivity contribution in [2.45, 2.75) is 71.8 Å². The third kappa shape index (κ3) is 7.55. The van der Waals surface area contributed by atoms with Crippen LogP contribution in [-0.4, -0.2) is 44.5 Å². The summed E-state index contributed by atoms with van der Waals surface area (Å²) in [4.78, 5) is 0. The van der Waals surface area contributed by atoms with Gasteiger partial charge in [-0.25, -0.2) is 3.93 Å². The highest BCUT2D eigenvalue weighted by Gasteiger charge is 2.40. The van der Waals surface area contributed by atoms with Crippen LogP contribution >= 0.6 is 16.1 Å². The summed E-state index contributed by atoms with van der Waals surface area (Å²) in [5.41, 5.74) is 0. The lowest BCUT2D eigenvalue weighted by molar-refractivity contribution is 0.110. The Labute approximate surface area is 136 Å². The van der Waals surface area contributed by atoms with Crippen LogP contribution in [0.15, 0.2) is 0 Å². The van der Waals surface area contributed by atoms with Crippen molar-refractivity contribution in [2.75, 3.05) is 20.1 Å². The van der Waals surface area contributed by atoms with Crippen LogP contribution in [0.3, 0.4) is 0 Å². The summed E-state index contributed by atoms with van der Waals surface area (Å²) < 4.78 is 8.69. The van der Waals surface area contributed by atoms with Crippen molar-refractivity contribution in [3.05, 3.63) is 0 Å². The van der Waals surface area contributed by atoms with Gasteiger partial charge in [0.05, 0.1) is 6.10 Å². The fourth-order valence-electron chi connectivity index (χ4n) is 1.69. The van der Waals surface area contributed by atoms with E-state index in [9.17, 15) is 0 Å². The second-order valence-electron chi connectivity index (χ2n) is 7.74. The Kier molecular flexibility index (Phi) is 8.51. The molecule has 0 saturated heterocycles. The standard InChI is InChI=1S/C15H35BrN2OSi/c1-12(2)17-10-13(3)14(11-18(7)16)19-20(8,9)15(4,5)6/h12-14,17H,10-11H2,1-9H3. The average Bonchev–Trinajstić information content (AvgIpc) is 2.22. The lowest BCUT2D eigenvalue weighted by atomic mass is 10.0. The van der Waals surface area contributed by atoms with Gasteiger partial charge in [-0.05, 0) is 31.1 Å². The molecule has 20 heavy (non-hydrogen) atoms. The number of nitrogens with zero attached hydrogens (tertiary/aromatic N) is 1. The van der Waals surface area contributed by atoms with E-state index in [0.29, 0.717) is 12.0 Å². The molecule has 0 saturated carbocycles. The predicted octanol–water partition coefficient (Wildman–Crippen LogP) is 4.25. The van der Waals surface area contributed by atoms with Crippen molar-refractivity contribution < 1.29 is 4.43 Å². The van der Waals surface area contributed by atoms with Crippen LogP contribution in [-0.2, 0) is 4.43 Å². The first-order valence-electron chi connectivity index (χ1n) is 7.65. The van der Waals surface area contributed by atoms with Gasteiger partial charge in [-0.15, -0.1) is 0 Å². The van der Waals surface area contributed by atoms with Crippen LogP contribution in [0.4, 0.5) is 0 Å². The maximum absolute atomic E-state index is 6.63. The zero-order valence-electron chi connectivity index (χ0n) is 14.9. The lowest BCUT2D eigenvalue weighted by Gasteiger charge is -2.41. The van der Waals surface area contributed by atoms with E-state index in [-0.39, 0.29) is 11.1 Å².